The lowest BCUT2D eigenvalue weighted by molar-refractivity contribution is -0.115. The minimum Gasteiger partial charge on any atom is -0.316 e. The van der Waals surface area contributed by atoms with Gasteiger partial charge in [0.15, 0.2) is 5.16 Å². The molecule has 1 aromatic carbocycles. The van der Waals surface area contributed by atoms with E-state index in [9.17, 15) is 4.79 Å². The van der Waals surface area contributed by atoms with Crippen molar-refractivity contribution in [3.63, 3.8) is 0 Å². The van der Waals surface area contributed by atoms with Gasteiger partial charge >= 0.3 is 0 Å². The van der Waals surface area contributed by atoms with Gasteiger partial charge in [-0.05, 0) is 37.4 Å². The Hall–Kier alpha value is -2.63. The highest BCUT2D eigenvalue weighted by atomic mass is 32.2. The molecular formula is C17H15N5OS2. The highest BCUT2D eigenvalue weighted by Gasteiger charge is 2.21. The molecular weight excluding hydrogens is 354 g/mol. The molecule has 8 heteroatoms. The van der Waals surface area contributed by atoms with E-state index in [0.29, 0.717) is 15.7 Å². The summed E-state index contributed by atoms with van der Waals surface area (Å²) in [5.74, 6) is 0.579. The van der Waals surface area contributed by atoms with E-state index in [2.05, 4.69) is 21.6 Å². The molecule has 2 heterocycles. The number of thioether (sulfide) groups is 1. The van der Waals surface area contributed by atoms with Crippen molar-refractivity contribution in [3.8, 4) is 11.8 Å². The lowest BCUT2D eigenvalue weighted by Gasteiger charge is -2.12. The smallest absolute Gasteiger partial charge is 0.238 e. The fourth-order valence-electron chi connectivity index (χ4n) is 2.21. The number of benzene rings is 1. The number of nitrogens with one attached hydrogen (secondary N) is 1. The average Bonchev–Trinajstić information content (AvgIpc) is 3.21. The zero-order valence-electron chi connectivity index (χ0n) is 13.6. The van der Waals surface area contributed by atoms with Crippen LogP contribution in [0.1, 0.15) is 18.3 Å². The number of para-hydroxylation sites is 1. The Bertz CT molecular complexity index is 926. The Morgan fingerprint density at radius 3 is 2.80 bits per heavy atom. The van der Waals surface area contributed by atoms with Crippen LogP contribution in [0.25, 0.3) is 5.69 Å². The van der Waals surface area contributed by atoms with Crippen LogP contribution in [0, 0.1) is 18.3 Å². The third kappa shape index (κ3) is 3.73. The molecule has 0 aliphatic heterocycles. The predicted octanol–water partition coefficient (Wildman–Crippen LogP) is 3.63. The molecule has 0 saturated carbocycles. The molecule has 126 valence electrons. The van der Waals surface area contributed by atoms with Gasteiger partial charge in [-0.25, -0.2) is 0 Å². The average molecular weight is 369 g/mol. The van der Waals surface area contributed by atoms with Crippen molar-refractivity contribution in [2.75, 3.05) is 5.32 Å². The Kier molecular flexibility index (Phi) is 5.16. The normalized spacial score (nSPS) is 11.7. The first kappa shape index (κ1) is 17.2. The highest BCUT2D eigenvalue weighted by molar-refractivity contribution is 8.00. The van der Waals surface area contributed by atoms with Gasteiger partial charge in [-0.1, -0.05) is 30.0 Å². The van der Waals surface area contributed by atoms with Crippen LogP contribution >= 0.6 is 23.1 Å². The second-order valence-electron chi connectivity index (χ2n) is 5.23. The van der Waals surface area contributed by atoms with E-state index in [4.69, 9.17) is 5.26 Å². The van der Waals surface area contributed by atoms with E-state index >= 15 is 0 Å². The molecule has 0 bridgehead atoms. The predicted molar refractivity (Wildman–Crippen MR) is 99.1 cm³/mol. The Morgan fingerprint density at radius 1 is 1.32 bits per heavy atom. The van der Waals surface area contributed by atoms with Crippen LogP contribution in [-0.2, 0) is 4.79 Å². The molecule has 3 aromatic rings. The number of rotatable bonds is 5. The van der Waals surface area contributed by atoms with Gasteiger partial charge < -0.3 is 5.32 Å². The van der Waals surface area contributed by atoms with Crippen molar-refractivity contribution < 1.29 is 4.79 Å². The van der Waals surface area contributed by atoms with Gasteiger partial charge in [0.1, 0.15) is 16.9 Å². The van der Waals surface area contributed by atoms with Crippen LogP contribution in [0.15, 0.2) is 46.9 Å². The maximum Gasteiger partial charge on any atom is 0.238 e. The molecule has 0 aliphatic rings. The van der Waals surface area contributed by atoms with Crippen molar-refractivity contribution in [1.29, 1.82) is 5.26 Å². The molecule has 0 aliphatic carbocycles. The number of aryl methyl sites for hydroxylation is 1. The summed E-state index contributed by atoms with van der Waals surface area (Å²) in [6.45, 7) is 3.68. The first-order chi connectivity index (χ1) is 12.1. The summed E-state index contributed by atoms with van der Waals surface area (Å²) in [5.41, 5.74) is 1.42. The Labute approximate surface area is 153 Å². The van der Waals surface area contributed by atoms with E-state index in [1.807, 2.05) is 41.8 Å². The van der Waals surface area contributed by atoms with E-state index in [1.54, 1.807) is 18.4 Å². The van der Waals surface area contributed by atoms with Gasteiger partial charge in [-0.3, -0.25) is 9.36 Å². The van der Waals surface area contributed by atoms with Crippen molar-refractivity contribution in [3.05, 3.63) is 53.2 Å². The lowest BCUT2D eigenvalue weighted by atomic mass is 10.3. The molecule has 0 fully saturated rings. The van der Waals surface area contributed by atoms with Crippen molar-refractivity contribution >= 4 is 34.0 Å². The van der Waals surface area contributed by atoms with Crippen molar-refractivity contribution in [1.82, 2.24) is 14.8 Å². The molecule has 0 unspecified atom stereocenters. The Morgan fingerprint density at radius 2 is 2.08 bits per heavy atom. The topological polar surface area (TPSA) is 83.6 Å². The summed E-state index contributed by atoms with van der Waals surface area (Å²) in [6.07, 6.45) is 0. The monoisotopic (exact) mass is 369 g/mol. The number of hydrogen-bond acceptors (Lipinski definition) is 6. The molecule has 0 radical (unpaired) electrons. The van der Waals surface area contributed by atoms with Gasteiger partial charge in [0, 0.05) is 5.69 Å². The second kappa shape index (κ2) is 7.51. The number of thiophene rings is 1. The SMILES string of the molecule is Cc1nnc(S[C@H](C)C(=O)Nc2sccc2C#N)n1-c1ccccc1. The lowest BCUT2D eigenvalue weighted by Crippen LogP contribution is -2.22. The maximum absolute atomic E-state index is 12.4. The van der Waals surface area contributed by atoms with Crippen LogP contribution < -0.4 is 5.32 Å². The van der Waals surface area contributed by atoms with Crippen molar-refractivity contribution in [2.45, 2.75) is 24.3 Å². The number of hydrogen-bond donors (Lipinski definition) is 1. The van der Waals surface area contributed by atoms with Crippen LogP contribution in [0.2, 0.25) is 0 Å². The molecule has 3 rings (SSSR count). The summed E-state index contributed by atoms with van der Waals surface area (Å²) in [7, 11) is 0. The number of carbonyl (C=O) groups is 1. The van der Waals surface area contributed by atoms with Gasteiger partial charge in [0.25, 0.3) is 0 Å². The van der Waals surface area contributed by atoms with E-state index in [-0.39, 0.29) is 11.2 Å². The maximum atomic E-state index is 12.4. The van der Waals surface area contributed by atoms with Crippen LogP contribution in [-0.4, -0.2) is 25.9 Å². The largest absolute Gasteiger partial charge is 0.316 e. The molecule has 25 heavy (non-hydrogen) atoms. The number of aromatic nitrogens is 3. The number of carbonyl (C=O) groups excluding carboxylic acids is 1. The minimum atomic E-state index is -0.389. The molecule has 0 saturated heterocycles. The molecule has 2 aromatic heterocycles. The van der Waals surface area contributed by atoms with Crippen LogP contribution in [0.3, 0.4) is 0 Å². The summed E-state index contributed by atoms with van der Waals surface area (Å²) in [5, 5.41) is 22.8. The first-order valence-corrected chi connectivity index (χ1v) is 9.28. The quantitative estimate of drug-likeness (QED) is 0.694. The van der Waals surface area contributed by atoms with Crippen LogP contribution in [0.5, 0.6) is 0 Å². The van der Waals surface area contributed by atoms with E-state index in [0.717, 1.165) is 11.5 Å². The highest BCUT2D eigenvalue weighted by Crippen LogP contribution is 2.28. The zero-order chi connectivity index (χ0) is 17.8. The number of amides is 1. The first-order valence-electron chi connectivity index (χ1n) is 7.52. The fourth-order valence-corrected chi connectivity index (χ4v) is 3.87. The summed E-state index contributed by atoms with van der Waals surface area (Å²) < 4.78 is 1.92. The number of nitriles is 1. The summed E-state index contributed by atoms with van der Waals surface area (Å²) in [4.78, 5) is 12.4. The summed E-state index contributed by atoms with van der Waals surface area (Å²) in [6, 6.07) is 13.5. The number of anilines is 1. The van der Waals surface area contributed by atoms with Gasteiger partial charge in [0.2, 0.25) is 5.91 Å². The van der Waals surface area contributed by atoms with E-state index < -0.39 is 0 Å². The van der Waals surface area contributed by atoms with Gasteiger partial charge in [-0.2, -0.15) is 5.26 Å². The molecule has 0 spiro atoms. The summed E-state index contributed by atoms with van der Waals surface area (Å²) >= 11 is 2.66. The minimum absolute atomic E-state index is 0.177. The number of nitrogens with zero attached hydrogens (tertiary/aromatic N) is 4. The fraction of sp³-hybridized carbons (Fsp3) is 0.176. The van der Waals surface area contributed by atoms with Crippen LogP contribution in [0.4, 0.5) is 5.00 Å². The van der Waals surface area contributed by atoms with Crippen molar-refractivity contribution in [2.24, 2.45) is 0 Å². The molecule has 1 atom stereocenters. The Balaban J connectivity index is 1.77. The third-order valence-electron chi connectivity index (χ3n) is 3.48. The van der Waals surface area contributed by atoms with Gasteiger partial charge in [-0.15, -0.1) is 21.5 Å². The molecule has 1 amide bonds. The molecule has 6 nitrogen and oxygen atoms in total. The second-order valence-corrected chi connectivity index (χ2v) is 7.45. The standard InChI is InChI=1S/C17H15N5OS2/c1-11(15(23)19-16-13(10-18)8-9-24-16)25-17-21-20-12(2)22(17)14-6-4-3-5-7-14/h3-9,11H,1-2H3,(H,19,23)/t11-/m1/s1. The molecule has 1 N–H and O–H groups in total. The zero-order valence-corrected chi connectivity index (χ0v) is 15.3. The van der Waals surface area contributed by atoms with E-state index in [1.165, 1.54) is 23.1 Å². The third-order valence-corrected chi connectivity index (χ3v) is 5.36. The van der Waals surface area contributed by atoms with Gasteiger partial charge in [0.05, 0.1) is 10.8 Å².